The van der Waals surface area contributed by atoms with Crippen LogP contribution in [0.4, 0.5) is 4.39 Å². The van der Waals surface area contributed by atoms with Crippen LogP contribution in [0.3, 0.4) is 0 Å². The number of aryl methyl sites for hydroxylation is 1. The lowest BCUT2D eigenvalue weighted by molar-refractivity contribution is 0.0934. The van der Waals surface area contributed by atoms with Crippen LogP contribution in [-0.4, -0.2) is 43.4 Å². The van der Waals surface area contributed by atoms with E-state index >= 15 is 0 Å². The van der Waals surface area contributed by atoms with Gasteiger partial charge >= 0.3 is 0 Å². The molecule has 2 rings (SSSR count). The molecule has 1 aliphatic rings. The molecule has 0 aliphatic carbocycles. The molecular formula is C14H19FN2O. The van der Waals surface area contributed by atoms with Crippen LogP contribution in [-0.2, 0) is 0 Å². The summed E-state index contributed by atoms with van der Waals surface area (Å²) >= 11 is 0. The van der Waals surface area contributed by atoms with Gasteiger partial charge in [0.1, 0.15) is 5.82 Å². The van der Waals surface area contributed by atoms with Crippen LogP contribution in [0.25, 0.3) is 0 Å². The minimum absolute atomic E-state index is 0.000463. The molecule has 1 heterocycles. The smallest absolute Gasteiger partial charge is 0.176 e. The van der Waals surface area contributed by atoms with Crippen molar-refractivity contribution in [1.29, 1.82) is 0 Å². The van der Waals surface area contributed by atoms with Crippen molar-refractivity contribution in [1.82, 2.24) is 10.2 Å². The average Bonchev–Trinajstić information content (AvgIpc) is 2.56. The summed E-state index contributed by atoms with van der Waals surface area (Å²) in [6, 6.07) is 4.51. The van der Waals surface area contributed by atoms with E-state index in [1.165, 1.54) is 12.1 Å². The predicted molar refractivity (Wildman–Crippen MR) is 69.4 cm³/mol. The van der Waals surface area contributed by atoms with Gasteiger partial charge in [-0.2, -0.15) is 0 Å². The van der Waals surface area contributed by atoms with Gasteiger partial charge in [0, 0.05) is 18.7 Å². The Bertz CT molecular complexity index is 406. The van der Waals surface area contributed by atoms with E-state index in [2.05, 4.69) is 10.2 Å². The number of carbonyl (C=O) groups excluding carboxylic acids is 1. The largest absolute Gasteiger partial charge is 0.315 e. The summed E-state index contributed by atoms with van der Waals surface area (Å²) in [5.41, 5.74) is 1.26. The zero-order valence-electron chi connectivity index (χ0n) is 10.7. The topological polar surface area (TPSA) is 32.3 Å². The lowest BCUT2D eigenvalue weighted by atomic mass is 10.1. The third-order valence-corrected chi connectivity index (χ3v) is 3.16. The van der Waals surface area contributed by atoms with Crippen molar-refractivity contribution in [3.63, 3.8) is 0 Å². The van der Waals surface area contributed by atoms with Gasteiger partial charge in [0.15, 0.2) is 5.78 Å². The fourth-order valence-corrected chi connectivity index (χ4v) is 2.25. The molecule has 0 spiro atoms. The molecule has 0 aromatic heterocycles. The Morgan fingerprint density at radius 2 is 2.17 bits per heavy atom. The van der Waals surface area contributed by atoms with Gasteiger partial charge in [-0.05, 0) is 50.2 Å². The lowest BCUT2D eigenvalue weighted by Crippen LogP contribution is -2.33. The van der Waals surface area contributed by atoms with Crippen molar-refractivity contribution in [2.45, 2.75) is 13.3 Å². The van der Waals surface area contributed by atoms with Gasteiger partial charge in [-0.15, -0.1) is 0 Å². The van der Waals surface area contributed by atoms with Crippen molar-refractivity contribution in [2.75, 3.05) is 32.7 Å². The van der Waals surface area contributed by atoms with E-state index in [0.717, 1.165) is 38.2 Å². The highest BCUT2D eigenvalue weighted by Crippen LogP contribution is 2.10. The summed E-state index contributed by atoms with van der Waals surface area (Å²) in [4.78, 5) is 14.2. The first-order valence-electron chi connectivity index (χ1n) is 6.38. The molecule has 98 valence electrons. The molecule has 18 heavy (non-hydrogen) atoms. The normalized spacial score (nSPS) is 17.4. The van der Waals surface area contributed by atoms with Crippen molar-refractivity contribution in [2.24, 2.45) is 0 Å². The van der Waals surface area contributed by atoms with Gasteiger partial charge in [0.2, 0.25) is 0 Å². The first-order valence-corrected chi connectivity index (χ1v) is 6.38. The second kappa shape index (κ2) is 6.07. The summed E-state index contributed by atoms with van der Waals surface area (Å²) in [6.45, 7) is 5.90. The summed E-state index contributed by atoms with van der Waals surface area (Å²) < 4.78 is 13.3. The SMILES string of the molecule is Cc1cc(F)cc(C(=O)CN2CCCNCC2)c1. The number of hydrogen-bond acceptors (Lipinski definition) is 3. The van der Waals surface area contributed by atoms with Crippen LogP contribution < -0.4 is 5.32 Å². The van der Waals surface area contributed by atoms with Gasteiger partial charge in [-0.3, -0.25) is 9.69 Å². The fraction of sp³-hybridized carbons (Fsp3) is 0.500. The summed E-state index contributed by atoms with van der Waals surface area (Å²) in [5, 5.41) is 3.30. The van der Waals surface area contributed by atoms with Crippen LogP contribution >= 0.6 is 0 Å². The Morgan fingerprint density at radius 3 is 2.94 bits per heavy atom. The lowest BCUT2D eigenvalue weighted by Gasteiger charge is -2.18. The molecule has 1 saturated heterocycles. The highest BCUT2D eigenvalue weighted by molar-refractivity contribution is 5.97. The number of benzene rings is 1. The minimum atomic E-state index is -0.337. The van der Waals surface area contributed by atoms with E-state index in [9.17, 15) is 9.18 Å². The minimum Gasteiger partial charge on any atom is -0.315 e. The quantitative estimate of drug-likeness (QED) is 0.827. The standard InChI is InChI=1S/C14H19FN2O/c1-11-7-12(9-13(15)8-11)14(18)10-17-5-2-3-16-4-6-17/h7-9,16H,2-6,10H2,1H3. The van der Waals surface area contributed by atoms with Crippen LogP contribution in [0, 0.1) is 12.7 Å². The van der Waals surface area contributed by atoms with Gasteiger partial charge in [-0.25, -0.2) is 4.39 Å². The highest BCUT2D eigenvalue weighted by Gasteiger charge is 2.14. The third-order valence-electron chi connectivity index (χ3n) is 3.16. The van der Waals surface area contributed by atoms with E-state index < -0.39 is 0 Å². The second-order valence-electron chi connectivity index (χ2n) is 4.82. The van der Waals surface area contributed by atoms with E-state index in [1.807, 2.05) is 0 Å². The van der Waals surface area contributed by atoms with Gasteiger partial charge in [0.25, 0.3) is 0 Å². The van der Waals surface area contributed by atoms with Crippen LogP contribution in [0.2, 0.25) is 0 Å². The molecular weight excluding hydrogens is 231 g/mol. The van der Waals surface area contributed by atoms with Crippen molar-refractivity contribution < 1.29 is 9.18 Å². The fourth-order valence-electron chi connectivity index (χ4n) is 2.25. The average molecular weight is 250 g/mol. The first kappa shape index (κ1) is 13.2. The van der Waals surface area contributed by atoms with Crippen LogP contribution in [0.15, 0.2) is 18.2 Å². The molecule has 1 fully saturated rings. The summed E-state index contributed by atoms with van der Waals surface area (Å²) in [7, 11) is 0. The zero-order valence-corrected chi connectivity index (χ0v) is 10.7. The Kier molecular flexibility index (Phi) is 4.44. The number of nitrogens with one attached hydrogen (secondary N) is 1. The van der Waals surface area contributed by atoms with Crippen molar-refractivity contribution >= 4 is 5.78 Å². The molecule has 1 aromatic rings. The van der Waals surface area contributed by atoms with Gasteiger partial charge in [0.05, 0.1) is 6.54 Å². The summed E-state index contributed by atoms with van der Waals surface area (Å²) in [6.07, 6.45) is 1.05. The number of nitrogens with zero attached hydrogens (tertiary/aromatic N) is 1. The highest BCUT2D eigenvalue weighted by atomic mass is 19.1. The van der Waals surface area contributed by atoms with E-state index in [-0.39, 0.29) is 11.6 Å². The molecule has 1 aromatic carbocycles. The molecule has 0 atom stereocenters. The second-order valence-corrected chi connectivity index (χ2v) is 4.82. The van der Waals surface area contributed by atoms with Crippen molar-refractivity contribution in [3.8, 4) is 0 Å². The maximum absolute atomic E-state index is 13.3. The monoisotopic (exact) mass is 250 g/mol. The molecule has 1 aliphatic heterocycles. The number of carbonyl (C=O) groups is 1. The van der Waals surface area contributed by atoms with E-state index in [0.29, 0.717) is 12.1 Å². The molecule has 0 radical (unpaired) electrons. The molecule has 3 nitrogen and oxygen atoms in total. The number of hydrogen-bond donors (Lipinski definition) is 1. The predicted octanol–water partition coefficient (Wildman–Crippen LogP) is 1.61. The number of rotatable bonds is 3. The van der Waals surface area contributed by atoms with Gasteiger partial charge in [-0.1, -0.05) is 0 Å². The molecule has 0 amide bonds. The molecule has 0 saturated carbocycles. The summed E-state index contributed by atoms with van der Waals surface area (Å²) in [5.74, 6) is -0.338. The molecule has 1 N–H and O–H groups in total. The van der Waals surface area contributed by atoms with Crippen LogP contribution in [0.1, 0.15) is 22.3 Å². The number of ketones is 1. The Hall–Kier alpha value is -1.26. The van der Waals surface area contributed by atoms with Gasteiger partial charge < -0.3 is 5.32 Å². The number of halogens is 1. The molecule has 4 heteroatoms. The zero-order chi connectivity index (χ0) is 13.0. The Labute approximate surface area is 107 Å². The van der Waals surface area contributed by atoms with E-state index in [1.54, 1.807) is 13.0 Å². The number of Topliss-reactive ketones (excluding diaryl/α,β-unsaturated/α-hetero) is 1. The van der Waals surface area contributed by atoms with Crippen LogP contribution in [0.5, 0.6) is 0 Å². The maximum Gasteiger partial charge on any atom is 0.176 e. The van der Waals surface area contributed by atoms with E-state index in [4.69, 9.17) is 0 Å². The Balaban J connectivity index is 2.01. The molecule has 0 bridgehead atoms. The third kappa shape index (κ3) is 3.62. The molecule has 0 unspecified atom stereocenters. The maximum atomic E-state index is 13.3. The Morgan fingerprint density at radius 1 is 1.33 bits per heavy atom. The first-order chi connectivity index (χ1) is 8.65. The van der Waals surface area contributed by atoms with Crippen molar-refractivity contribution in [3.05, 3.63) is 35.1 Å².